The van der Waals surface area contributed by atoms with Gasteiger partial charge in [-0.1, -0.05) is 53.6 Å². The smallest absolute Gasteiger partial charge is 0.349 e. The first kappa shape index (κ1) is 19.7. The Morgan fingerprint density at radius 2 is 1.83 bits per heavy atom. The molecule has 7 heteroatoms. The Morgan fingerprint density at radius 1 is 1.07 bits per heavy atom. The van der Waals surface area contributed by atoms with Crippen LogP contribution in [0.25, 0.3) is 10.9 Å². The summed E-state index contributed by atoms with van der Waals surface area (Å²) in [6.07, 6.45) is 1.40. The number of aromatic nitrogens is 2. The third-order valence-corrected chi connectivity index (χ3v) is 4.87. The van der Waals surface area contributed by atoms with Crippen LogP contribution in [-0.2, 0) is 6.61 Å². The van der Waals surface area contributed by atoms with Crippen molar-refractivity contribution in [3.8, 4) is 5.75 Å². The van der Waals surface area contributed by atoms with E-state index in [-0.39, 0.29) is 0 Å². The van der Waals surface area contributed by atoms with E-state index in [9.17, 15) is 9.59 Å². The topological polar surface area (TPSA) is 76.5 Å². The van der Waals surface area contributed by atoms with Crippen molar-refractivity contribution < 1.29 is 4.74 Å². The minimum Gasteiger partial charge on any atom is -0.487 e. The molecule has 0 bridgehead atoms. The number of benzene rings is 3. The maximum absolute atomic E-state index is 12.5. The van der Waals surface area contributed by atoms with Crippen LogP contribution in [0.3, 0.4) is 0 Å². The molecule has 1 aromatic heterocycles. The van der Waals surface area contributed by atoms with E-state index >= 15 is 0 Å². The third kappa shape index (κ3) is 4.18. The highest BCUT2D eigenvalue weighted by atomic mass is 35.5. The summed E-state index contributed by atoms with van der Waals surface area (Å²) in [4.78, 5) is 27.3. The van der Waals surface area contributed by atoms with E-state index in [2.05, 4.69) is 10.1 Å². The lowest BCUT2D eigenvalue weighted by Gasteiger charge is -2.09. The zero-order valence-corrected chi connectivity index (χ0v) is 16.9. The molecule has 0 atom stereocenters. The summed E-state index contributed by atoms with van der Waals surface area (Å²) in [5, 5.41) is 4.82. The van der Waals surface area contributed by atoms with Crippen molar-refractivity contribution in [1.29, 1.82) is 0 Å². The van der Waals surface area contributed by atoms with Crippen LogP contribution >= 0.6 is 11.6 Å². The summed E-state index contributed by atoms with van der Waals surface area (Å²) in [6.45, 7) is 2.43. The predicted molar refractivity (Wildman–Crippen MR) is 119 cm³/mol. The standard InChI is InChI=1S/C23H18ClN3O3/c1-15-6-8-16(9-7-15)14-30-21-11-10-17(12-19(21)24)13-25-27-22(28)18-4-2-3-5-20(18)26-23(27)29/h2-13H,14H2,1H3,(H,26,29). The first-order valence-corrected chi connectivity index (χ1v) is 9.65. The Labute approximate surface area is 177 Å². The van der Waals surface area contributed by atoms with Crippen LogP contribution in [0.2, 0.25) is 5.02 Å². The number of H-pyrrole nitrogens is 1. The molecular weight excluding hydrogens is 402 g/mol. The van der Waals surface area contributed by atoms with Gasteiger partial charge in [-0.2, -0.15) is 5.10 Å². The van der Waals surface area contributed by atoms with E-state index in [1.54, 1.807) is 42.5 Å². The average molecular weight is 420 g/mol. The summed E-state index contributed by atoms with van der Waals surface area (Å²) in [5.74, 6) is 0.537. The fourth-order valence-corrected chi connectivity index (χ4v) is 3.19. The van der Waals surface area contributed by atoms with Gasteiger partial charge in [-0.25, -0.2) is 4.79 Å². The van der Waals surface area contributed by atoms with Crippen LogP contribution in [0.1, 0.15) is 16.7 Å². The number of fused-ring (bicyclic) bond motifs is 1. The van der Waals surface area contributed by atoms with Gasteiger partial charge < -0.3 is 9.72 Å². The van der Waals surface area contributed by atoms with Crippen molar-refractivity contribution in [1.82, 2.24) is 9.66 Å². The highest BCUT2D eigenvalue weighted by Crippen LogP contribution is 2.26. The average Bonchev–Trinajstić information content (AvgIpc) is 2.74. The van der Waals surface area contributed by atoms with E-state index in [0.717, 1.165) is 10.2 Å². The molecule has 1 N–H and O–H groups in total. The zero-order chi connectivity index (χ0) is 21.1. The number of nitrogens with zero attached hydrogens (tertiary/aromatic N) is 2. The maximum atomic E-state index is 12.5. The van der Waals surface area contributed by atoms with Gasteiger partial charge >= 0.3 is 5.69 Å². The molecule has 0 spiro atoms. The van der Waals surface area contributed by atoms with Crippen molar-refractivity contribution >= 4 is 28.7 Å². The molecule has 0 fully saturated rings. The summed E-state index contributed by atoms with van der Waals surface area (Å²) < 4.78 is 6.57. The fourth-order valence-electron chi connectivity index (χ4n) is 2.94. The number of aryl methyl sites for hydroxylation is 1. The number of para-hydroxylation sites is 1. The molecule has 0 aliphatic heterocycles. The van der Waals surface area contributed by atoms with Gasteiger partial charge in [0.05, 0.1) is 22.1 Å². The Hall–Kier alpha value is -3.64. The van der Waals surface area contributed by atoms with Gasteiger partial charge in [-0.15, -0.1) is 4.68 Å². The Bertz CT molecular complexity index is 1350. The summed E-state index contributed by atoms with van der Waals surface area (Å²) in [7, 11) is 0. The van der Waals surface area contributed by atoms with Crippen molar-refractivity contribution in [3.63, 3.8) is 0 Å². The van der Waals surface area contributed by atoms with Gasteiger partial charge in [0.1, 0.15) is 12.4 Å². The minimum absolute atomic E-state index is 0.382. The maximum Gasteiger partial charge on any atom is 0.349 e. The van der Waals surface area contributed by atoms with E-state index in [0.29, 0.717) is 33.8 Å². The lowest BCUT2D eigenvalue weighted by Crippen LogP contribution is -2.32. The van der Waals surface area contributed by atoms with E-state index < -0.39 is 11.2 Å². The number of halogens is 1. The first-order valence-electron chi connectivity index (χ1n) is 9.27. The molecule has 4 rings (SSSR count). The van der Waals surface area contributed by atoms with Crippen molar-refractivity contribution in [2.45, 2.75) is 13.5 Å². The Morgan fingerprint density at radius 3 is 2.60 bits per heavy atom. The van der Waals surface area contributed by atoms with Crippen LogP contribution in [0.4, 0.5) is 0 Å². The molecule has 0 unspecified atom stereocenters. The Balaban J connectivity index is 1.54. The summed E-state index contributed by atoms with van der Waals surface area (Å²) in [5.41, 5.74) is 2.22. The van der Waals surface area contributed by atoms with Gasteiger partial charge in [-0.05, 0) is 48.4 Å². The van der Waals surface area contributed by atoms with Crippen molar-refractivity contribution in [2.24, 2.45) is 5.10 Å². The van der Waals surface area contributed by atoms with E-state index in [4.69, 9.17) is 16.3 Å². The number of hydrogen-bond donors (Lipinski definition) is 1. The second-order valence-electron chi connectivity index (χ2n) is 6.80. The van der Waals surface area contributed by atoms with Crippen molar-refractivity contribution in [3.05, 3.63) is 109 Å². The quantitative estimate of drug-likeness (QED) is 0.494. The third-order valence-electron chi connectivity index (χ3n) is 4.58. The van der Waals surface area contributed by atoms with Crippen LogP contribution < -0.4 is 16.0 Å². The molecule has 0 saturated heterocycles. The number of nitrogens with one attached hydrogen (secondary N) is 1. The van der Waals surface area contributed by atoms with Gasteiger partial charge in [0.2, 0.25) is 0 Å². The highest BCUT2D eigenvalue weighted by Gasteiger charge is 2.07. The second-order valence-corrected chi connectivity index (χ2v) is 7.21. The molecule has 4 aromatic rings. The van der Waals surface area contributed by atoms with Gasteiger partial charge in [0.15, 0.2) is 0 Å². The summed E-state index contributed by atoms with van der Waals surface area (Å²) >= 11 is 6.32. The SMILES string of the molecule is Cc1ccc(COc2ccc(C=Nn3c(=O)[nH]c4ccccc4c3=O)cc2Cl)cc1. The lowest BCUT2D eigenvalue weighted by molar-refractivity contribution is 0.306. The molecule has 0 radical (unpaired) electrons. The summed E-state index contributed by atoms with van der Waals surface area (Å²) in [6, 6.07) is 20.0. The van der Waals surface area contributed by atoms with E-state index in [1.807, 2.05) is 31.2 Å². The molecule has 0 amide bonds. The second kappa shape index (κ2) is 8.39. The lowest BCUT2D eigenvalue weighted by atomic mass is 10.2. The molecular formula is C23H18ClN3O3. The zero-order valence-electron chi connectivity index (χ0n) is 16.1. The Kier molecular flexibility index (Phi) is 5.50. The molecule has 6 nitrogen and oxygen atoms in total. The van der Waals surface area contributed by atoms with Crippen LogP contribution in [0, 0.1) is 6.92 Å². The molecule has 0 saturated carbocycles. The number of ether oxygens (including phenoxy) is 1. The number of aromatic amines is 1. The molecule has 3 aromatic carbocycles. The van der Waals surface area contributed by atoms with Crippen LogP contribution in [-0.4, -0.2) is 15.9 Å². The fraction of sp³-hybridized carbons (Fsp3) is 0.0870. The monoisotopic (exact) mass is 419 g/mol. The molecule has 150 valence electrons. The largest absolute Gasteiger partial charge is 0.487 e. The molecule has 30 heavy (non-hydrogen) atoms. The van der Waals surface area contributed by atoms with Crippen molar-refractivity contribution in [2.75, 3.05) is 0 Å². The molecule has 0 aliphatic carbocycles. The van der Waals surface area contributed by atoms with Crippen LogP contribution in [0.15, 0.2) is 81.4 Å². The van der Waals surface area contributed by atoms with Gasteiger partial charge in [-0.3, -0.25) is 4.79 Å². The predicted octanol–water partition coefficient (Wildman–Crippen LogP) is 4.11. The van der Waals surface area contributed by atoms with E-state index in [1.165, 1.54) is 11.8 Å². The van der Waals surface area contributed by atoms with Gasteiger partial charge in [0, 0.05) is 0 Å². The van der Waals surface area contributed by atoms with Crippen LogP contribution in [0.5, 0.6) is 5.75 Å². The molecule has 0 aliphatic rings. The van der Waals surface area contributed by atoms with Gasteiger partial charge in [0.25, 0.3) is 5.56 Å². The number of rotatable bonds is 5. The highest BCUT2D eigenvalue weighted by molar-refractivity contribution is 6.32. The number of hydrogen-bond acceptors (Lipinski definition) is 4. The normalized spacial score (nSPS) is 11.3. The minimum atomic E-state index is -0.612. The molecule has 1 heterocycles. The first-order chi connectivity index (χ1) is 14.5.